The van der Waals surface area contributed by atoms with E-state index >= 15 is 0 Å². The second kappa shape index (κ2) is 9.72. The molecule has 6 heteroatoms. The third-order valence-electron chi connectivity index (χ3n) is 5.29. The number of carbonyl (C=O) groups is 1. The summed E-state index contributed by atoms with van der Waals surface area (Å²) in [5.41, 5.74) is 7.88. The molecule has 0 saturated carbocycles. The summed E-state index contributed by atoms with van der Waals surface area (Å²) in [6.45, 7) is 6.17. The number of carbonyl (C=O) groups excluding carboxylic acids is 1. The van der Waals surface area contributed by atoms with Gasteiger partial charge in [-0.1, -0.05) is 41.4 Å². The molecule has 1 aliphatic heterocycles. The lowest BCUT2D eigenvalue weighted by Gasteiger charge is -2.08. The van der Waals surface area contributed by atoms with E-state index in [0.717, 1.165) is 38.9 Å². The summed E-state index contributed by atoms with van der Waals surface area (Å²) >= 11 is 7.53. The molecule has 0 aliphatic carbocycles. The second-order valence-corrected chi connectivity index (χ2v) is 9.36. The molecule has 3 aromatic rings. The van der Waals surface area contributed by atoms with Gasteiger partial charge in [-0.2, -0.15) is 0 Å². The van der Waals surface area contributed by atoms with Gasteiger partial charge in [0.25, 0.3) is 0 Å². The molecule has 162 valence electrons. The van der Waals surface area contributed by atoms with E-state index in [2.05, 4.69) is 31.3 Å². The topological polar surface area (TPSA) is 53.8 Å². The minimum Gasteiger partial charge on any atom is -0.325 e. The first-order valence-corrected chi connectivity index (χ1v) is 11.8. The van der Waals surface area contributed by atoms with Gasteiger partial charge in [-0.05, 0) is 73.9 Å². The fraction of sp³-hybridized carbons (Fsp3) is 0.192. The maximum absolute atomic E-state index is 12.5. The van der Waals surface area contributed by atoms with Crippen molar-refractivity contribution in [2.75, 3.05) is 11.1 Å². The van der Waals surface area contributed by atoms with Crippen LogP contribution < -0.4 is 5.32 Å². The Balaban J connectivity index is 1.57. The molecule has 0 saturated heterocycles. The molecular formula is C26H24ClN3OS. The van der Waals surface area contributed by atoms with Gasteiger partial charge < -0.3 is 5.32 Å². The van der Waals surface area contributed by atoms with Crippen molar-refractivity contribution in [2.45, 2.75) is 27.2 Å². The van der Waals surface area contributed by atoms with Crippen molar-refractivity contribution in [1.82, 2.24) is 0 Å². The van der Waals surface area contributed by atoms with Crippen molar-refractivity contribution in [3.63, 3.8) is 0 Å². The van der Waals surface area contributed by atoms with Gasteiger partial charge in [-0.3, -0.25) is 9.79 Å². The fourth-order valence-corrected chi connectivity index (χ4v) is 4.24. The highest BCUT2D eigenvalue weighted by Crippen LogP contribution is 2.36. The van der Waals surface area contributed by atoms with E-state index in [1.807, 2.05) is 55.5 Å². The number of fused-ring (bicyclic) bond motifs is 1. The van der Waals surface area contributed by atoms with E-state index in [9.17, 15) is 4.79 Å². The first kappa shape index (κ1) is 22.3. The van der Waals surface area contributed by atoms with Gasteiger partial charge in [-0.25, -0.2) is 4.99 Å². The van der Waals surface area contributed by atoms with Crippen LogP contribution in [0.25, 0.3) is 0 Å². The molecule has 1 N–H and O–H groups in total. The zero-order chi connectivity index (χ0) is 22.7. The highest BCUT2D eigenvalue weighted by Gasteiger charge is 2.17. The molecule has 32 heavy (non-hydrogen) atoms. The van der Waals surface area contributed by atoms with Crippen LogP contribution in [-0.4, -0.2) is 22.4 Å². The first-order valence-electron chi connectivity index (χ1n) is 10.4. The predicted octanol–water partition coefficient (Wildman–Crippen LogP) is 7.19. The number of amides is 1. The van der Waals surface area contributed by atoms with Crippen molar-refractivity contribution in [3.05, 3.63) is 87.9 Å². The molecule has 1 amide bonds. The Morgan fingerprint density at radius 2 is 1.56 bits per heavy atom. The summed E-state index contributed by atoms with van der Waals surface area (Å²) in [7, 11) is 0. The molecule has 0 fully saturated rings. The third kappa shape index (κ3) is 5.47. The number of nitrogens with zero attached hydrogens (tertiary/aromatic N) is 2. The quantitative estimate of drug-likeness (QED) is 0.446. The normalized spacial score (nSPS) is 13.0. The van der Waals surface area contributed by atoms with E-state index in [4.69, 9.17) is 21.6 Å². The SMILES string of the molecule is Cc1ccc(NC(=O)CSC2=Nc3cc(C)c(C)cc3N=C(c3ccc(Cl)cc3)C2)cc1. The number of anilines is 1. The van der Waals surface area contributed by atoms with Crippen LogP contribution in [0.1, 0.15) is 28.7 Å². The number of aryl methyl sites for hydroxylation is 3. The van der Waals surface area contributed by atoms with E-state index in [0.29, 0.717) is 11.4 Å². The molecule has 0 unspecified atom stereocenters. The van der Waals surface area contributed by atoms with Crippen LogP contribution in [0.15, 0.2) is 70.6 Å². The number of hydrogen-bond donors (Lipinski definition) is 1. The third-order valence-corrected chi connectivity index (χ3v) is 6.52. The molecule has 1 aliphatic rings. The van der Waals surface area contributed by atoms with Crippen molar-refractivity contribution in [1.29, 1.82) is 0 Å². The Bertz CT molecular complexity index is 1220. The van der Waals surface area contributed by atoms with Gasteiger partial charge in [0.05, 0.1) is 27.9 Å². The lowest BCUT2D eigenvalue weighted by Crippen LogP contribution is -2.16. The number of rotatable bonds is 4. The molecular weight excluding hydrogens is 438 g/mol. The standard InChI is InChI=1S/C26H24ClN3OS/c1-16-4-10-21(11-5-16)28-25(31)15-32-26-14-22(19-6-8-20(27)9-7-19)29-23-12-17(2)18(3)13-24(23)30-26/h4-13H,14-15H2,1-3H3,(H,28,31). The maximum atomic E-state index is 12.5. The van der Waals surface area contributed by atoms with Crippen LogP contribution in [0.3, 0.4) is 0 Å². The number of hydrogen-bond acceptors (Lipinski definition) is 4. The Kier molecular flexibility index (Phi) is 6.77. The number of thioether (sulfide) groups is 1. The Morgan fingerprint density at radius 1 is 0.938 bits per heavy atom. The minimum atomic E-state index is -0.0592. The van der Waals surface area contributed by atoms with Gasteiger partial charge >= 0.3 is 0 Å². The summed E-state index contributed by atoms with van der Waals surface area (Å²) in [4.78, 5) is 22.4. The summed E-state index contributed by atoms with van der Waals surface area (Å²) in [6, 6.07) is 19.6. The van der Waals surface area contributed by atoms with Crippen molar-refractivity contribution in [3.8, 4) is 0 Å². The molecule has 0 radical (unpaired) electrons. The van der Waals surface area contributed by atoms with Crippen LogP contribution in [0, 0.1) is 20.8 Å². The number of halogens is 1. The first-order chi connectivity index (χ1) is 15.4. The Morgan fingerprint density at radius 3 is 2.22 bits per heavy atom. The summed E-state index contributed by atoms with van der Waals surface area (Å²) in [5, 5.41) is 4.50. The average Bonchev–Trinajstić information content (AvgIpc) is 2.94. The van der Waals surface area contributed by atoms with Crippen LogP contribution >= 0.6 is 23.4 Å². The molecule has 0 atom stereocenters. The smallest absolute Gasteiger partial charge is 0.234 e. The minimum absolute atomic E-state index is 0.0592. The van der Waals surface area contributed by atoms with Gasteiger partial charge in [0, 0.05) is 17.1 Å². The lowest BCUT2D eigenvalue weighted by atomic mass is 10.1. The average molecular weight is 462 g/mol. The number of nitrogens with one attached hydrogen (secondary N) is 1. The van der Waals surface area contributed by atoms with Crippen molar-refractivity contribution >= 4 is 57.1 Å². The summed E-state index contributed by atoms with van der Waals surface area (Å²) in [5.74, 6) is 0.219. The fourth-order valence-electron chi connectivity index (χ4n) is 3.34. The number of benzene rings is 3. The van der Waals surface area contributed by atoms with E-state index in [1.54, 1.807) is 0 Å². The highest BCUT2D eigenvalue weighted by molar-refractivity contribution is 8.14. The molecule has 1 heterocycles. The molecule has 0 spiro atoms. The predicted molar refractivity (Wildman–Crippen MR) is 138 cm³/mol. The van der Waals surface area contributed by atoms with Crippen LogP contribution in [0.5, 0.6) is 0 Å². The number of aliphatic imine (C=N–C) groups is 2. The monoisotopic (exact) mass is 461 g/mol. The highest BCUT2D eigenvalue weighted by atomic mass is 35.5. The van der Waals surface area contributed by atoms with E-state index in [-0.39, 0.29) is 11.7 Å². The zero-order valence-electron chi connectivity index (χ0n) is 18.3. The zero-order valence-corrected chi connectivity index (χ0v) is 19.8. The van der Waals surface area contributed by atoms with Gasteiger partial charge in [0.15, 0.2) is 0 Å². The second-order valence-electron chi connectivity index (χ2n) is 7.88. The maximum Gasteiger partial charge on any atom is 0.234 e. The molecule has 0 aromatic heterocycles. The largest absolute Gasteiger partial charge is 0.325 e. The van der Waals surface area contributed by atoms with E-state index in [1.165, 1.54) is 22.9 Å². The summed E-state index contributed by atoms with van der Waals surface area (Å²) in [6.07, 6.45) is 0.552. The summed E-state index contributed by atoms with van der Waals surface area (Å²) < 4.78 is 0. The van der Waals surface area contributed by atoms with Crippen LogP contribution in [0.4, 0.5) is 17.1 Å². The van der Waals surface area contributed by atoms with E-state index < -0.39 is 0 Å². The Hall–Kier alpha value is -2.89. The molecule has 0 bridgehead atoms. The lowest BCUT2D eigenvalue weighted by molar-refractivity contribution is -0.113. The molecule has 3 aromatic carbocycles. The van der Waals surface area contributed by atoms with Gasteiger partial charge in [0.2, 0.25) is 5.91 Å². The van der Waals surface area contributed by atoms with Crippen molar-refractivity contribution < 1.29 is 4.79 Å². The van der Waals surface area contributed by atoms with Crippen LogP contribution in [0.2, 0.25) is 5.02 Å². The van der Waals surface area contributed by atoms with Crippen LogP contribution in [-0.2, 0) is 4.79 Å². The van der Waals surface area contributed by atoms with Gasteiger partial charge in [-0.15, -0.1) is 11.8 Å². The van der Waals surface area contributed by atoms with Gasteiger partial charge in [0.1, 0.15) is 0 Å². The van der Waals surface area contributed by atoms with Crippen molar-refractivity contribution in [2.24, 2.45) is 9.98 Å². The molecule has 4 nitrogen and oxygen atoms in total. The molecule has 4 rings (SSSR count). The Labute approximate surface area is 197 Å².